The lowest BCUT2D eigenvalue weighted by Gasteiger charge is -2.43. The Kier molecular flexibility index (Phi) is 3.06. The van der Waals surface area contributed by atoms with E-state index in [4.69, 9.17) is 0 Å². The molecule has 1 heterocycles. The van der Waals surface area contributed by atoms with E-state index in [2.05, 4.69) is 59.0 Å². The predicted octanol–water partition coefficient (Wildman–Crippen LogP) is 1.69. The molecule has 0 bridgehead atoms. The second kappa shape index (κ2) is 3.71. The zero-order valence-electron chi connectivity index (χ0n) is 10.7. The van der Waals surface area contributed by atoms with Gasteiger partial charge >= 0.3 is 0 Å². The third-order valence-corrected chi connectivity index (χ3v) is 9.25. The Bertz CT molecular complexity index is 322. The maximum atomic E-state index is 4.15. The molecule has 15 heavy (non-hydrogen) atoms. The van der Waals surface area contributed by atoms with Gasteiger partial charge in [0.2, 0.25) is 5.95 Å². The van der Waals surface area contributed by atoms with Gasteiger partial charge in [-0.25, -0.2) is 4.68 Å². The fourth-order valence-corrected chi connectivity index (χ4v) is 11.6. The van der Waals surface area contributed by atoms with E-state index in [0.29, 0.717) is 0 Å². The average molecular weight is 243 g/mol. The summed E-state index contributed by atoms with van der Waals surface area (Å²) in [5.74, 6) is 0.924. The number of hydrogen-bond acceptors (Lipinski definition) is 4. The Balaban J connectivity index is 3.20. The van der Waals surface area contributed by atoms with E-state index in [1.165, 1.54) is 0 Å². The Morgan fingerprint density at radius 2 is 1.47 bits per heavy atom. The molecular formula is C8H21N5Si2. The summed E-state index contributed by atoms with van der Waals surface area (Å²) in [6, 6.07) is 0. The summed E-state index contributed by atoms with van der Waals surface area (Å²) in [6.07, 6.45) is 0. The molecule has 0 fully saturated rings. The molecule has 0 saturated heterocycles. The first-order valence-corrected chi connectivity index (χ1v) is 12.1. The van der Waals surface area contributed by atoms with E-state index < -0.39 is 16.5 Å². The van der Waals surface area contributed by atoms with Gasteiger partial charge in [0.1, 0.15) is 16.5 Å². The SMILES string of the molecule is Cn1nnnc1N([Si](C)(C)C)[Si](C)(C)C. The first kappa shape index (κ1) is 12.4. The van der Waals surface area contributed by atoms with Crippen molar-refractivity contribution in [2.75, 3.05) is 4.23 Å². The normalized spacial score (nSPS) is 13.0. The number of rotatable bonds is 3. The summed E-state index contributed by atoms with van der Waals surface area (Å²) in [6.45, 7) is 14.0. The largest absolute Gasteiger partial charge is 0.393 e. The minimum Gasteiger partial charge on any atom is -0.393 e. The van der Waals surface area contributed by atoms with E-state index in [1.807, 2.05) is 7.05 Å². The van der Waals surface area contributed by atoms with Crippen LogP contribution in [0.25, 0.3) is 0 Å². The highest BCUT2D eigenvalue weighted by Gasteiger charge is 2.37. The van der Waals surface area contributed by atoms with Crippen LogP contribution < -0.4 is 4.23 Å². The highest BCUT2D eigenvalue weighted by Crippen LogP contribution is 2.24. The number of nitrogens with zero attached hydrogens (tertiary/aromatic N) is 5. The smallest absolute Gasteiger partial charge is 0.229 e. The van der Waals surface area contributed by atoms with Crippen molar-refractivity contribution in [1.82, 2.24) is 20.2 Å². The van der Waals surface area contributed by atoms with Crippen molar-refractivity contribution in [1.29, 1.82) is 0 Å². The maximum Gasteiger partial charge on any atom is 0.229 e. The Labute approximate surface area is 93.7 Å². The van der Waals surface area contributed by atoms with Crippen molar-refractivity contribution >= 4 is 22.4 Å². The standard InChI is InChI=1S/C8H21N5Si2/c1-12-8(9-10-11-12)13(14(2,3)4)15(5,6)7/h1-7H3. The van der Waals surface area contributed by atoms with Crippen LogP contribution in [0.3, 0.4) is 0 Å². The Morgan fingerprint density at radius 3 is 1.73 bits per heavy atom. The van der Waals surface area contributed by atoms with Gasteiger partial charge in [-0.15, -0.1) is 0 Å². The van der Waals surface area contributed by atoms with E-state index in [9.17, 15) is 0 Å². The monoisotopic (exact) mass is 243 g/mol. The molecule has 7 heteroatoms. The van der Waals surface area contributed by atoms with Crippen LogP contribution >= 0.6 is 0 Å². The Hall–Kier alpha value is -0.696. The van der Waals surface area contributed by atoms with Gasteiger partial charge in [0.05, 0.1) is 0 Å². The Morgan fingerprint density at radius 1 is 1.00 bits per heavy atom. The molecule has 1 aromatic rings. The van der Waals surface area contributed by atoms with Crippen molar-refractivity contribution in [3.05, 3.63) is 0 Å². The second-order valence-electron chi connectivity index (χ2n) is 5.78. The molecule has 0 spiro atoms. The lowest BCUT2D eigenvalue weighted by Crippen LogP contribution is -2.60. The zero-order valence-corrected chi connectivity index (χ0v) is 12.7. The van der Waals surface area contributed by atoms with Gasteiger partial charge in [0.15, 0.2) is 0 Å². The minimum absolute atomic E-state index is 0.924. The molecule has 0 aliphatic carbocycles. The van der Waals surface area contributed by atoms with Gasteiger partial charge in [-0.05, 0) is 10.4 Å². The lowest BCUT2D eigenvalue weighted by atomic mass is 11.0. The highest BCUT2D eigenvalue weighted by molar-refractivity contribution is 6.99. The molecule has 1 rings (SSSR count). The van der Waals surface area contributed by atoms with Gasteiger partial charge < -0.3 is 4.23 Å². The highest BCUT2D eigenvalue weighted by atomic mass is 28.4. The second-order valence-corrected chi connectivity index (χ2v) is 15.8. The number of tetrazole rings is 1. The summed E-state index contributed by atoms with van der Waals surface area (Å²) in [7, 11) is -0.947. The molecule has 0 atom stereocenters. The molecule has 86 valence electrons. The van der Waals surface area contributed by atoms with Crippen molar-refractivity contribution in [2.24, 2.45) is 7.05 Å². The fourth-order valence-electron chi connectivity index (χ4n) is 2.02. The van der Waals surface area contributed by atoms with Crippen molar-refractivity contribution in [3.63, 3.8) is 0 Å². The third-order valence-electron chi connectivity index (χ3n) is 2.14. The molecule has 5 nitrogen and oxygen atoms in total. The van der Waals surface area contributed by atoms with Crippen LogP contribution in [0, 0.1) is 0 Å². The van der Waals surface area contributed by atoms with Crippen molar-refractivity contribution < 1.29 is 0 Å². The number of aromatic nitrogens is 4. The van der Waals surface area contributed by atoms with E-state index in [0.717, 1.165) is 5.95 Å². The summed E-state index contributed by atoms with van der Waals surface area (Å²) in [5.41, 5.74) is 0. The van der Waals surface area contributed by atoms with Crippen molar-refractivity contribution in [3.8, 4) is 0 Å². The van der Waals surface area contributed by atoms with Crippen molar-refractivity contribution in [2.45, 2.75) is 39.3 Å². The zero-order chi connectivity index (χ0) is 11.9. The van der Waals surface area contributed by atoms with Crippen LogP contribution in [0.5, 0.6) is 0 Å². The summed E-state index contributed by atoms with van der Waals surface area (Å²) in [4.78, 5) is 0. The minimum atomic E-state index is -1.43. The van der Waals surface area contributed by atoms with Gasteiger partial charge in [0.25, 0.3) is 0 Å². The van der Waals surface area contributed by atoms with Crippen LogP contribution in [0.2, 0.25) is 39.3 Å². The van der Waals surface area contributed by atoms with E-state index >= 15 is 0 Å². The van der Waals surface area contributed by atoms with Crippen LogP contribution in [0.15, 0.2) is 0 Å². The number of hydrogen-bond donors (Lipinski definition) is 0. The molecule has 0 aromatic carbocycles. The molecule has 0 aliphatic rings. The molecular weight excluding hydrogens is 222 g/mol. The molecule has 0 unspecified atom stereocenters. The van der Waals surface area contributed by atoms with Gasteiger partial charge in [-0.2, -0.15) is 0 Å². The molecule has 0 amide bonds. The average Bonchev–Trinajstić information content (AvgIpc) is 2.30. The first-order chi connectivity index (χ1) is 6.64. The molecule has 0 N–H and O–H groups in total. The first-order valence-electron chi connectivity index (χ1n) is 5.17. The summed E-state index contributed by atoms with van der Waals surface area (Å²) >= 11 is 0. The fraction of sp³-hybridized carbons (Fsp3) is 0.875. The molecule has 0 radical (unpaired) electrons. The van der Waals surface area contributed by atoms with Gasteiger partial charge in [-0.3, -0.25) is 0 Å². The number of aryl methyl sites for hydroxylation is 1. The van der Waals surface area contributed by atoms with Crippen LogP contribution in [0.1, 0.15) is 0 Å². The third kappa shape index (κ3) is 2.65. The van der Waals surface area contributed by atoms with Crippen LogP contribution in [-0.2, 0) is 7.05 Å². The quantitative estimate of drug-likeness (QED) is 0.758. The van der Waals surface area contributed by atoms with Gasteiger partial charge in [-0.1, -0.05) is 44.4 Å². The summed E-state index contributed by atoms with van der Waals surface area (Å²) < 4.78 is 4.27. The predicted molar refractivity (Wildman–Crippen MR) is 68.0 cm³/mol. The van der Waals surface area contributed by atoms with E-state index in [1.54, 1.807) is 4.68 Å². The van der Waals surface area contributed by atoms with Crippen LogP contribution in [0.4, 0.5) is 5.95 Å². The van der Waals surface area contributed by atoms with Crippen LogP contribution in [-0.4, -0.2) is 36.7 Å². The molecule has 1 aromatic heterocycles. The topological polar surface area (TPSA) is 46.8 Å². The summed E-state index contributed by atoms with van der Waals surface area (Å²) in [5, 5.41) is 11.8. The molecule has 0 aliphatic heterocycles. The van der Waals surface area contributed by atoms with E-state index in [-0.39, 0.29) is 0 Å². The lowest BCUT2D eigenvalue weighted by molar-refractivity contribution is 0.712. The van der Waals surface area contributed by atoms with Gasteiger partial charge in [0, 0.05) is 7.05 Å². The maximum absolute atomic E-state index is 4.15. The molecule has 0 saturated carbocycles. The number of anilines is 1.